The van der Waals surface area contributed by atoms with Gasteiger partial charge in [0.2, 0.25) is 11.8 Å². The van der Waals surface area contributed by atoms with Crippen molar-refractivity contribution in [2.45, 2.75) is 53.1 Å². The number of rotatable bonds is 9. The van der Waals surface area contributed by atoms with E-state index < -0.39 is 6.04 Å². The highest BCUT2D eigenvalue weighted by Crippen LogP contribution is 2.17. The molecule has 2 rings (SSSR count). The average Bonchev–Trinajstić information content (AvgIpc) is 2.69. The van der Waals surface area contributed by atoms with E-state index in [1.807, 2.05) is 52.0 Å². The predicted molar refractivity (Wildman–Crippen MR) is 114 cm³/mol. The molecule has 0 bridgehead atoms. The second kappa shape index (κ2) is 10.7. The highest BCUT2D eigenvalue weighted by Gasteiger charge is 2.28. The van der Waals surface area contributed by atoms with Gasteiger partial charge in [-0.25, -0.2) is 4.39 Å². The smallest absolute Gasteiger partial charge is 0.242 e. The standard InChI is InChI=1S/C24H31FN2O2/c1-5-22(24(29)26-15-17(2)3)27(16-20-9-7-6-8-18(20)4)23(28)14-19-10-12-21(25)13-11-19/h6-13,17,22H,5,14-16H2,1-4H3,(H,26,29)/t22-/m0/s1. The Bertz CT molecular complexity index is 818. The summed E-state index contributed by atoms with van der Waals surface area (Å²) in [6.07, 6.45) is 0.644. The number of nitrogens with zero attached hydrogens (tertiary/aromatic N) is 1. The zero-order valence-corrected chi connectivity index (χ0v) is 17.7. The molecular formula is C24H31FN2O2. The van der Waals surface area contributed by atoms with E-state index in [9.17, 15) is 14.0 Å². The van der Waals surface area contributed by atoms with E-state index in [1.165, 1.54) is 12.1 Å². The van der Waals surface area contributed by atoms with Crippen LogP contribution >= 0.6 is 0 Å². The Labute approximate surface area is 173 Å². The van der Waals surface area contributed by atoms with E-state index in [1.54, 1.807) is 17.0 Å². The number of carbonyl (C=O) groups excluding carboxylic acids is 2. The van der Waals surface area contributed by atoms with Crippen LogP contribution in [0.4, 0.5) is 4.39 Å². The van der Waals surface area contributed by atoms with Crippen LogP contribution in [0.5, 0.6) is 0 Å². The maximum absolute atomic E-state index is 13.2. The first-order valence-corrected chi connectivity index (χ1v) is 10.2. The minimum absolute atomic E-state index is 0.125. The molecule has 0 unspecified atom stereocenters. The third kappa shape index (κ3) is 6.70. The van der Waals surface area contributed by atoms with E-state index in [0.717, 1.165) is 16.7 Å². The summed E-state index contributed by atoms with van der Waals surface area (Å²) < 4.78 is 13.2. The zero-order valence-electron chi connectivity index (χ0n) is 17.7. The van der Waals surface area contributed by atoms with Gasteiger partial charge in [0, 0.05) is 13.1 Å². The first-order valence-electron chi connectivity index (χ1n) is 10.2. The molecule has 0 saturated heterocycles. The van der Waals surface area contributed by atoms with E-state index >= 15 is 0 Å². The van der Waals surface area contributed by atoms with E-state index in [4.69, 9.17) is 0 Å². The number of hydrogen-bond donors (Lipinski definition) is 1. The fourth-order valence-corrected chi connectivity index (χ4v) is 3.19. The molecule has 0 spiro atoms. The number of benzene rings is 2. The number of carbonyl (C=O) groups is 2. The summed E-state index contributed by atoms with van der Waals surface area (Å²) in [4.78, 5) is 27.7. The molecule has 5 heteroatoms. The molecule has 0 saturated carbocycles. The zero-order chi connectivity index (χ0) is 21.4. The second-order valence-electron chi connectivity index (χ2n) is 7.81. The van der Waals surface area contributed by atoms with Crippen molar-refractivity contribution >= 4 is 11.8 Å². The van der Waals surface area contributed by atoms with E-state index in [0.29, 0.717) is 25.4 Å². The Balaban J connectivity index is 2.27. The molecule has 0 fully saturated rings. The number of hydrogen-bond acceptors (Lipinski definition) is 2. The van der Waals surface area contributed by atoms with Gasteiger partial charge in [-0.2, -0.15) is 0 Å². The minimum atomic E-state index is -0.554. The molecule has 0 aliphatic rings. The van der Waals surface area contributed by atoms with Gasteiger partial charge in [0.05, 0.1) is 6.42 Å². The molecule has 2 aromatic carbocycles. The number of amides is 2. The summed E-state index contributed by atoms with van der Waals surface area (Å²) in [6.45, 7) is 8.91. The van der Waals surface area contributed by atoms with Crippen molar-refractivity contribution < 1.29 is 14.0 Å². The van der Waals surface area contributed by atoms with Crippen LogP contribution in [-0.4, -0.2) is 29.3 Å². The molecule has 156 valence electrons. The van der Waals surface area contributed by atoms with Gasteiger partial charge in [0.25, 0.3) is 0 Å². The second-order valence-corrected chi connectivity index (χ2v) is 7.81. The Kier molecular flexibility index (Phi) is 8.37. The van der Waals surface area contributed by atoms with Crippen molar-refractivity contribution in [1.29, 1.82) is 0 Å². The highest BCUT2D eigenvalue weighted by atomic mass is 19.1. The summed E-state index contributed by atoms with van der Waals surface area (Å²) >= 11 is 0. The summed E-state index contributed by atoms with van der Waals surface area (Å²) in [7, 11) is 0. The van der Waals surface area contributed by atoms with Crippen LogP contribution in [0.2, 0.25) is 0 Å². The molecule has 1 atom stereocenters. The fourth-order valence-electron chi connectivity index (χ4n) is 3.19. The lowest BCUT2D eigenvalue weighted by molar-refractivity contribution is -0.141. The molecular weight excluding hydrogens is 367 g/mol. The molecule has 1 N–H and O–H groups in total. The van der Waals surface area contributed by atoms with Crippen LogP contribution < -0.4 is 5.32 Å². The third-order valence-corrected chi connectivity index (χ3v) is 4.94. The lowest BCUT2D eigenvalue weighted by atomic mass is 10.0. The first kappa shape index (κ1) is 22.6. The Hall–Kier alpha value is -2.69. The summed E-state index contributed by atoms with van der Waals surface area (Å²) in [6, 6.07) is 13.2. The van der Waals surface area contributed by atoms with Gasteiger partial charge in [-0.1, -0.05) is 57.2 Å². The van der Waals surface area contributed by atoms with Gasteiger partial charge in [0.1, 0.15) is 11.9 Å². The van der Waals surface area contributed by atoms with Crippen molar-refractivity contribution in [3.05, 3.63) is 71.0 Å². The quantitative estimate of drug-likeness (QED) is 0.686. The summed E-state index contributed by atoms with van der Waals surface area (Å²) in [5.74, 6) is -0.290. The molecule has 0 heterocycles. The van der Waals surface area contributed by atoms with Gasteiger partial charge in [-0.15, -0.1) is 0 Å². The Morgan fingerprint density at radius 1 is 1.07 bits per heavy atom. The predicted octanol–water partition coefficient (Wildman–Crippen LogP) is 4.26. The molecule has 2 aromatic rings. The van der Waals surface area contributed by atoms with Crippen molar-refractivity contribution in [2.75, 3.05) is 6.54 Å². The van der Waals surface area contributed by atoms with Gasteiger partial charge < -0.3 is 10.2 Å². The first-order chi connectivity index (χ1) is 13.8. The molecule has 0 aliphatic heterocycles. The highest BCUT2D eigenvalue weighted by molar-refractivity contribution is 5.88. The molecule has 0 aliphatic carbocycles. The Morgan fingerprint density at radius 2 is 1.72 bits per heavy atom. The van der Waals surface area contributed by atoms with Crippen LogP contribution in [0.15, 0.2) is 48.5 Å². The van der Waals surface area contributed by atoms with E-state index in [2.05, 4.69) is 5.32 Å². The molecule has 0 radical (unpaired) electrons. The van der Waals surface area contributed by atoms with Gasteiger partial charge in [-0.05, 0) is 48.1 Å². The third-order valence-electron chi connectivity index (χ3n) is 4.94. The van der Waals surface area contributed by atoms with Crippen LogP contribution in [0, 0.1) is 18.7 Å². The number of nitrogens with one attached hydrogen (secondary N) is 1. The maximum Gasteiger partial charge on any atom is 0.242 e. The lowest BCUT2D eigenvalue weighted by Crippen LogP contribution is -2.50. The Morgan fingerprint density at radius 3 is 2.31 bits per heavy atom. The molecule has 29 heavy (non-hydrogen) atoms. The van der Waals surface area contributed by atoms with E-state index in [-0.39, 0.29) is 24.1 Å². The molecule has 2 amide bonds. The largest absolute Gasteiger partial charge is 0.354 e. The van der Waals surface area contributed by atoms with Crippen LogP contribution in [-0.2, 0) is 22.6 Å². The lowest BCUT2D eigenvalue weighted by Gasteiger charge is -2.31. The van der Waals surface area contributed by atoms with Crippen molar-refractivity contribution in [1.82, 2.24) is 10.2 Å². The van der Waals surface area contributed by atoms with Gasteiger partial charge >= 0.3 is 0 Å². The van der Waals surface area contributed by atoms with Crippen molar-refractivity contribution in [3.8, 4) is 0 Å². The fraction of sp³-hybridized carbons (Fsp3) is 0.417. The number of halogens is 1. The SMILES string of the molecule is CC[C@@H](C(=O)NCC(C)C)N(Cc1ccccc1C)C(=O)Cc1ccc(F)cc1. The number of aryl methyl sites for hydroxylation is 1. The van der Waals surface area contributed by atoms with Crippen LogP contribution in [0.25, 0.3) is 0 Å². The molecule has 0 aromatic heterocycles. The van der Waals surface area contributed by atoms with Gasteiger partial charge in [-0.3, -0.25) is 9.59 Å². The normalized spacial score (nSPS) is 11.9. The topological polar surface area (TPSA) is 49.4 Å². The van der Waals surface area contributed by atoms with Crippen LogP contribution in [0.1, 0.15) is 43.9 Å². The maximum atomic E-state index is 13.2. The summed E-state index contributed by atoms with van der Waals surface area (Å²) in [5.41, 5.74) is 2.81. The van der Waals surface area contributed by atoms with Crippen LogP contribution in [0.3, 0.4) is 0 Å². The average molecular weight is 399 g/mol. The minimum Gasteiger partial charge on any atom is -0.354 e. The summed E-state index contributed by atoms with van der Waals surface area (Å²) in [5, 5.41) is 2.96. The monoisotopic (exact) mass is 398 g/mol. The van der Waals surface area contributed by atoms with Gasteiger partial charge in [0.15, 0.2) is 0 Å². The van der Waals surface area contributed by atoms with Crippen molar-refractivity contribution in [2.24, 2.45) is 5.92 Å². The molecule has 4 nitrogen and oxygen atoms in total. The van der Waals surface area contributed by atoms with Crippen molar-refractivity contribution in [3.63, 3.8) is 0 Å².